The lowest BCUT2D eigenvalue weighted by molar-refractivity contribution is 0.503. The lowest BCUT2D eigenvalue weighted by Crippen LogP contribution is -2.43. The topological polar surface area (TPSA) is 88.0 Å². The van der Waals surface area contributed by atoms with Crippen LogP contribution in [0, 0.1) is 5.82 Å². The molecule has 1 aliphatic carbocycles. The molecule has 0 aromatic carbocycles. The molecule has 5 rings (SSSR count). The molecule has 4 heterocycles. The summed E-state index contributed by atoms with van der Waals surface area (Å²) >= 11 is 0. The van der Waals surface area contributed by atoms with E-state index in [4.69, 9.17) is 0 Å². The third kappa shape index (κ3) is 4.34. The van der Waals surface area contributed by atoms with Gasteiger partial charge in [0.2, 0.25) is 5.95 Å². The quantitative estimate of drug-likeness (QED) is 0.637. The first-order chi connectivity index (χ1) is 15.7. The van der Waals surface area contributed by atoms with Crippen molar-refractivity contribution in [3.63, 3.8) is 0 Å². The second-order valence-electron chi connectivity index (χ2n) is 8.26. The van der Waals surface area contributed by atoms with Gasteiger partial charge in [-0.2, -0.15) is 0 Å². The molecule has 166 valence electrons. The molecule has 0 unspecified atom stereocenters. The number of pyridine rings is 2. The van der Waals surface area contributed by atoms with Crippen LogP contribution in [-0.2, 0) is 0 Å². The number of anilines is 3. The molecule has 2 N–H and O–H groups in total. The number of hydrogen-bond donors (Lipinski definition) is 2. The van der Waals surface area contributed by atoms with Gasteiger partial charge in [0.05, 0.1) is 18.1 Å². The van der Waals surface area contributed by atoms with Crippen molar-refractivity contribution in [1.82, 2.24) is 24.8 Å². The molecule has 32 heavy (non-hydrogen) atoms. The Morgan fingerprint density at radius 2 is 1.84 bits per heavy atom. The summed E-state index contributed by atoms with van der Waals surface area (Å²) < 4.78 is 16.3. The maximum atomic E-state index is 14.6. The van der Waals surface area contributed by atoms with Crippen LogP contribution in [-0.4, -0.2) is 45.7 Å². The van der Waals surface area contributed by atoms with Crippen LogP contribution >= 0.6 is 0 Å². The van der Waals surface area contributed by atoms with Crippen molar-refractivity contribution >= 4 is 17.5 Å². The van der Waals surface area contributed by atoms with Gasteiger partial charge in [0.15, 0.2) is 5.82 Å². The van der Waals surface area contributed by atoms with Gasteiger partial charge in [-0.1, -0.05) is 12.8 Å². The van der Waals surface area contributed by atoms with Crippen LogP contribution in [0.15, 0.2) is 47.7 Å². The minimum Gasteiger partial charge on any atom is -0.368 e. The molecule has 0 atom stereocenters. The molecule has 0 bridgehead atoms. The number of rotatable bonds is 5. The van der Waals surface area contributed by atoms with Crippen molar-refractivity contribution in [2.75, 3.05) is 36.4 Å². The molecule has 2 fully saturated rings. The van der Waals surface area contributed by atoms with E-state index in [1.54, 1.807) is 16.8 Å². The maximum Gasteiger partial charge on any atom is 0.250 e. The molecule has 0 radical (unpaired) electrons. The largest absolute Gasteiger partial charge is 0.368 e. The lowest BCUT2D eigenvalue weighted by atomic mass is 10.1. The zero-order chi connectivity index (χ0) is 21.9. The first-order valence-electron chi connectivity index (χ1n) is 11.1. The van der Waals surface area contributed by atoms with Crippen LogP contribution in [0.2, 0.25) is 0 Å². The standard InChI is InChI=1S/C23H26FN7O/c24-19-14-27-23(28-20-7-6-18(13-26-20)30-11-9-25-10-12-30)29-22(19)16-5-8-21(32)31(15-16)17-3-1-2-4-17/h5-8,13-15,17,25H,1-4,9-12H2,(H,26,27,28,29). The molecule has 9 heteroatoms. The van der Waals surface area contributed by atoms with E-state index in [9.17, 15) is 9.18 Å². The van der Waals surface area contributed by atoms with E-state index in [1.165, 1.54) is 6.07 Å². The average Bonchev–Trinajstić information content (AvgIpc) is 3.37. The Morgan fingerprint density at radius 3 is 2.59 bits per heavy atom. The van der Waals surface area contributed by atoms with Gasteiger partial charge in [-0.05, 0) is 31.0 Å². The van der Waals surface area contributed by atoms with Crippen LogP contribution in [0.25, 0.3) is 11.3 Å². The summed E-state index contributed by atoms with van der Waals surface area (Å²) in [6.07, 6.45) is 8.83. The van der Waals surface area contributed by atoms with E-state index in [0.717, 1.165) is 63.7 Å². The van der Waals surface area contributed by atoms with Gasteiger partial charge in [0, 0.05) is 50.0 Å². The first kappa shape index (κ1) is 20.6. The minimum absolute atomic E-state index is 0.0674. The summed E-state index contributed by atoms with van der Waals surface area (Å²) in [6.45, 7) is 3.81. The Morgan fingerprint density at radius 1 is 1.03 bits per heavy atom. The second kappa shape index (κ2) is 9.04. The summed E-state index contributed by atoms with van der Waals surface area (Å²) in [5.74, 6) is 0.300. The van der Waals surface area contributed by atoms with Gasteiger partial charge in [-0.25, -0.2) is 19.3 Å². The van der Waals surface area contributed by atoms with E-state index < -0.39 is 5.82 Å². The first-order valence-corrected chi connectivity index (χ1v) is 11.1. The molecular formula is C23H26FN7O. The summed E-state index contributed by atoms with van der Waals surface area (Å²) in [5, 5.41) is 6.39. The Hall–Kier alpha value is -3.33. The van der Waals surface area contributed by atoms with Crippen LogP contribution in [0.5, 0.6) is 0 Å². The predicted molar refractivity (Wildman–Crippen MR) is 122 cm³/mol. The van der Waals surface area contributed by atoms with Gasteiger partial charge < -0.3 is 20.1 Å². The fourth-order valence-electron chi connectivity index (χ4n) is 4.43. The zero-order valence-electron chi connectivity index (χ0n) is 17.8. The molecule has 1 saturated heterocycles. The van der Waals surface area contributed by atoms with Crippen molar-refractivity contribution in [2.45, 2.75) is 31.7 Å². The van der Waals surface area contributed by atoms with Gasteiger partial charge in [0.1, 0.15) is 11.5 Å². The second-order valence-corrected chi connectivity index (χ2v) is 8.26. The molecule has 0 amide bonds. The van der Waals surface area contributed by atoms with Gasteiger partial charge in [0.25, 0.3) is 5.56 Å². The molecule has 0 spiro atoms. The molecule has 3 aromatic rings. The highest BCUT2D eigenvalue weighted by molar-refractivity contribution is 5.61. The number of nitrogens with one attached hydrogen (secondary N) is 2. The van der Waals surface area contributed by atoms with Crippen molar-refractivity contribution in [1.29, 1.82) is 0 Å². The van der Waals surface area contributed by atoms with Crippen molar-refractivity contribution < 1.29 is 4.39 Å². The number of piperazine rings is 1. The summed E-state index contributed by atoms with van der Waals surface area (Å²) in [7, 11) is 0. The third-order valence-electron chi connectivity index (χ3n) is 6.14. The fraction of sp³-hybridized carbons (Fsp3) is 0.391. The molecule has 3 aromatic heterocycles. The van der Waals surface area contributed by atoms with Crippen LogP contribution in [0.4, 0.5) is 21.8 Å². The number of hydrogen-bond acceptors (Lipinski definition) is 7. The molecule has 2 aliphatic rings. The fourth-order valence-corrected chi connectivity index (χ4v) is 4.43. The monoisotopic (exact) mass is 435 g/mol. The number of aromatic nitrogens is 4. The maximum absolute atomic E-state index is 14.6. The van der Waals surface area contributed by atoms with E-state index >= 15 is 0 Å². The minimum atomic E-state index is -0.533. The zero-order valence-corrected chi connectivity index (χ0v) is 17.8. The predicted octanol–water partition coefficient (Wildman–Crippen LogP) is 3.11. The van der Waals surface area contributed by atoms with Gasteiger partial charge in [-0.15, -0.1) is 0 Å². The highest BCUT2D eigenvalue weighted by Crippen LogP contribution is 2.30. The van der Waals surface area contributed by atoms with Crippen molar-refractivity contribution in [3.05, 3.63) is 59.0 Å². The van der Waals surface area contributed by atoms with Crippen LogP contribution in [0.3, 0.4) is 0 Å². The smallest absolute Gasteiger partial charge is 0.250 e. The van der Waals surface area contributed by atoms with Gasteiger partial charge in [-0.3, -0.25) is 4.79 Å². The molecule has 1 aliphatic heterocycles. The summed E-state index contributed by atoms with van der Waals surface area (Å²) in [5.41, 5.74) is 1.71. The highest BCUT2D eigenvalue weighted by atomic mass is 19.1. The SMILES string of the molecule is O=c1ccc(-c2nc(Nc3ccc(N4CCNCC4)cn3)ncc2F)cn1C1CCCC1. The number of halogens is 1. The van der Waals surface area contributed by atoms with E-state index in [1.807, 2.05) is 18.3 Å². The summed E-state index contributed by atoms with van der Waals surface area (Å²) in [6, 6.07) is 7.14. The van der Waals surface area contributed by atoms with E-state index in [0.29, 0.717) is 11.4 Å². The number of nitrogens with zero attached hydrogens (tertiary/aromatic N) is 5. The van der Waals surface area contributed by atoms with E-state index in [2.05, 4.69) is 30.5 Å². The third-order valence-corrected chi connectivity index (χ3v) is 6.14. The summed E-state index contributed by atoms with van der Waals surface area (Å²) in [4.78, 5) is 27.5. The molecule has 1 saturated carbocycles. The highest BCUT2D eigenvalue weighted by Gasteiger charge is 2.19. The van der Waals surface area contributed by atoms with Crippen molar-refractivity contribution in [3.8, 4) is 11.3 Å². The normalized spacial score (nSPS) is 17.0. The average molecular weight is 436 g/mol. The Kier molecular flexibility index (Phi) is 5.81. The Balaban J connectivity index is 1.37. The molecule has 8 nitrogen and oxygen atoms in total. The van der Waals surface area contributed by atoms with Gasteiger partial charge >= 0.3 is 0 Å². The van der Waals surface area contributed by atoms with E-state index in [-0.39, 0.29) is 23.2 Å². The Labute approximate surface area is 185 Å². The lowest BCUT2D eigenvalue weighted by Gasteiger charge is -2.29. The van der Waals surface area contributed by atoms with Crippen LogP contribution in [0.1, 0.15) is 31.7 Å². The molecular weight excluding hydrogens is 409 g/mol. The Bertz CT molecular complexity index is 1140. The van der Waals surface area contributed by atoms with Crippen molar-refractivity contribution in [2.24, 2.45) is 0 Å². The van der Waals surface area contributed by atoms with Crippen LogP contribution < -0.4 is 21.1 Å².